The van der Waals surface area contributed by atoms with E-state index in [4.69, 9.17) is 31.0 Å². The Kier molecular flexibility index (Phi) is 12.4. The zero-order valence-electron chi connectivity index (χ0n) is 16.8. The normalized spacial score (nSPS) is 18.9. The monoisotopic (exact) mass is 416 g/mol. The molecule has 0 bridgehead atoms. The minimum Gasteiger partial charge on any atom is -0.419 e. The van der Waals surface area contributed by atoms with Crippen molar-refractivity contribution in [1.29, 1.82) is 0 Å². The van der Waals surface area contributed by atoms with Crippen molar-refractivity contribution >= 4 is 36.2 Å². The van der Waals surface area contributed by atoms with Gasteiger partial charge in [0.25, 0.3) is 0 Å². The van der Waals surface area contributed by atoms with Crippen molar-refractivity contribution < 1.29 is 31.0 Å². The molecule has 3 unspecified atom stereocenters. The van der Waals surface area contributed by atoms with E-state index >= 15 is 0 Å². The quantitative estimate of drug-likeness (QED) is 0.413. The van der Waals surface area contributed by atoms with Crippen LogP contribution < -0.4 is 0 Å². The second-order valence-corrected chi connectivity index (χ2v) is 20.8. The number of hydrogen-bond acceptors (Lipinski definition) is 7. The molecule has 0 rings (SSSR count). The van der Waals surface area contributed by atoms with Crippen molar-refractivity contribution in [2.75, 3.05) is 49.8 Å². The third-order valence-corrected chi connectivity index (χ3v) is 22.5. The highest BCUT2D eigenvalue weighted by Gasteiger charge is 2.59. The van der Waals surface area contributed by atoms with Gasteiger partial charge in [0, 0.05) is 65.3 Å². The van der Waals surface area contributed by atoms with Gasteiger partial charge in [-0.3, -0.25) is 0 Å². The molecule has 0 spiro atoms. The summed E-state index contributed by atoms with van der Waals surface area (Å²) in [6, 6.07) is 0. The van der Waals surface area contributed by atoms with Gasteiger partial charge in [-0.15, -0.1) is 0 Å². The van der Waals surface area contributed by atoms with Crippen molar-refractivity contribution in [2.24, 2.45) is 0 Å². The van der Waals surface area contributed by atoms with E-state index in [-0.39, 0.29) is 15.5 Å². The van der Waals surface area contributed by atoms with Crippen LogP contribution in [0.2, 0.25) is 15.5 Å². The molecule has 0 aliphatic rings. The largest absolute Gasteiger partial charge is 0.419 e. The molecule has 24 heavy (non-hydrogen) atoms. The lowest BCUT2D eigenvalue weighted by Gasteiger charge is -2.47. The van der Waals surface area contributed by atoms with Crippen LogP contribution in [0.1, 0.15) is 20.8 Å². The molecule has 0 radical (unpaired) electrons. The van der Waals surface area contributed by atoms with Crippen LogP contribution in [0, 0.1) is 0 Å². The molecular weight excluding hydrogens is 380 g/mol. The molecule has 0 aliphatic heterocycles. The highest BCUT2D eigenvalue weighted by molar-refractivity contribution is 6.98. The average Bonchev–Trinajstić information content (AvgIpc) is 2.59. The second-order valence-electron chi connectivity index (χ2n) is 5.94. The molecule has 0 aromatic rings. The van der Waals surface area contributed by atoms with Gasteiger partial charge in [-0.1, -0.05) is 20.8 Å². The fraction of sp³-hybridized carbons (Fsp3) is 1.00. The van der Waals surface area contributed by atoms with Crippen molar-refractivity contribution in [3.05, 3.63) is 0 Å². The predicted molar refractivity (Wildman–Crippen MR) is 105 cm³/mol. The molecule has 7 nitrogen and oxygen atoms in total. The lowest BCUT2D eigenvalue weighted by molar-refractivity contribution is 0.250. The number of rotatable bonds is 13. The molecule has 3 atom stereocenters. The first-order chi connectivity index (χ1) is 11.4. The van der Waals surface area contributed by atoms with Crippen molar-refractivity contribution in [3.63, 3.8) is 0 Å². The fourth-order valence-electron chi connectivity index (χ4n) is 3.95. The summed E-state index contributed by atoms with van der Waals surface area (Å²) in [6.45, 7) is 6.54. The fourth-order valence-corrected chi connectivity index (χ4v) is 26.8. The van der Waals surface area contributed by atoms with E-state index in [0.29, 0.717) is 0 Å². The van der Waals surface area contributed by atoms with E-state index in [1.807, 2.05) is 0 Å². The lowest BCUT2D eigenvalue weighted by Crippen LogP contribution is -2.61. The van der Waals surface area contributed by atoms with Crippen LogP contribution in [0.5, 0.6) is 0 Å². The minimum atomic E-state index is -2.46. The zero-order chi connectivity index (χ0) is 18.9. The maximum Gasteiger partial charge on any atom is 0.323 e. The van der Waals surface area contributed by atoms with E-state index in [9.17, 15) is 0 Å². The standard InChI is InChI=1S/C13H36O7Si4/c1-11(21(14-4)15-5)24(20-10,12(2)22(16-6)17-7)13(3)23(18-8)19-9/h11-13,21-23H,1-10H3. The maximum absolute atomic E-state index is 6.34. The van der Waals surface area contributed by atoms with Crippen LogP contribution in [0.4, 0.5) is 0 Å². The van der Waals surface area contributed by atoms with E-state index in [1.165, 1.54) is 0 Å². The van der Waals surface area contributed by atoms with Crippen molar-refractivity contribution in [2.45, 2.75) is 36.3 Å². The summed E-state index contributed by atoms with van der Waals surface area (Å²) in [5.41, 5.74) is 0. The Morgan fingerprint density at radius 3 is 0.833 bits per heavy atom. The molecule has 0 fully saturated rings. The van der Waals surface area contributed by atoms with Gasteiger partial charge in [0.1, 0.15) is 0 Å². The van der Waals surface area contributed by atoms with Crippen LogP contribution in [0.25, 0.3) is 0 Å². The molecule has 0 aromatic carbocycles. The molecule has 0 aromatic heterocycles. The summed E-state index contributed by atoms with van der Waals surface area (Å²) in [6.07, 6.45) is 0. The summed E-state index contributed by atoms with van der Waals surface area (Å²) >= 11 is 0. The first kappa shape index (κ1) is 24.6. The maximum atomic E-state index is 6.34. The van der Waals surface area contributed by atoms with E-state index < -0.39 is 36.2 Å². The molecule has 0 N–H and O–H groups in total. The third-order valence-electron chi connectivity index (χ3n) is 5.11. The summed E-state index contributed by atoms with van der Waals surface area (Å²) < 4.78 is 40.6. The Bertz CT molecular complexity index is 282. The first-order valence-electron chi connectivity index (χ1n) is 8.07. The van der Waals surface area contributed by atoms with Gasteiger partial charge in [0.2, 0.25) is 8.32 Å². The smallest absolute Gasteiger partial charge is 0.323 e. The van der Waals surface area contributed by atoms with Crippen LogP contribution in [0.3, 0.4) is 0 Å². The number of hydrogen-bond donors (Lipinski definition) is 0. The van der Waals surface area contributed by atoms with Crippen LogP contribution >= 0.6 is 0 Å². The van der Waals surface area contributed by atoms with Gasteiger partial charge in [0.15, 0.2) is 0 Å². The Morgan fingerprint density at radius 2 is 0.708 bits per heavy atom. The van der Waals surface area contributed by atoms with Crippen LogP contribution in [-0.2, 0) is 31.0 Å². The van der Waals surface area contributed by atoms with Crippen molar-refractivity contribution in [1.82, 2.24) is 0 Å². The molecule has 0 saturated carbocycles. The highest BCUT2D eigenvalue weighted by Crippen LogP contribution is 2.46. The lowest BCUT2D eigenvalue weighted by atomic mass is 10.9. The summed E-state index contributed by atoms with van der Waals surface area (Å²) in [7, 11) is 3.88. The van der Waals surface area contributed by atoms with E-state index in [1.54, 1.807) is 49.8 Å². The molecule has 0 heterocycles. The van der Waals surface area contributed by atoms with Gasteiger partial charge in [0.05, 0.1) is 0 Å². The highest BCUT2D eigenvalue weighted by atomic mass is 28.4. The summed E-state index contributed by atoms with van der Waals surface area (Å²) in [5.74, 6) is 0. The Hall–Kier alpha value is 0.588. The Morgan fingerprint density at radius 1 is 0.500 bits per heavy atom. The zero-order valence-corrected chi connectivity index (χ0v) is 21.3. The van der Waals surface area contributed by atoms with E-state index in [0.717, 1.165) is 0 Å². The van der Waals surface area contributed by atoms with Gasteiger partial charge >= 0.3 is 27.9 Å². The Balaban J connectivity index is 6.09. The van der Waals surface area contributed by atoms with Gasteiger partial charge < -0.3 is 31.0 Å². The summed E-state index contributed by atoms with van der Waals surface area (Å²) in [5, 5.41) is 0.550. The minimum absolute atomic E-state index is 0.183. The van der Waals surface area contributed by atoms with Crippen LogP contribution in [-0.4, -0.2) is 85.9 Å². The van der Waals surface area contributed by atoms with Gasteiger partial charge in [-0.25, -0.2) is 0 Å². The topological polar surface area (TPSA) is 64.6 Å². The second kappa shape index (κ2) is 12.1. The molecular formula is C13H36O7Si4. The average molecular weight is 417 g/mol. The molecule has 0 saturated heterocycles. The van der Waals surface area contributed by atoms with E-state index in [2.05, 4.69) is 20.8 Å². The van der Waals surface area contributed by atoms with Crippen LogP contribution in [0.15, 0.2) is 0 Å². The molecule has 0 aliphatic carbocycles. The summed E-state index contributed by atoms with van der Waals surface area (Å²) in [4.78, 5) is 0. The molecule has 11 heteroatoms. The predicted octanol–water partition coefficient (Wildman–Crippen LogP) is 0.906. The van der Waals surface area contributed by atoms with Gasteiger partial charge in [-0.2, -0.15) is 0 Å². The molecule has 146 valence electrons. The Labute approximate surface area is 153 Å². The van der Waals surface area contributed by atoms with Gasteiger partial charge in [-0.05, 0) is 0 Å². The molecule has 0 amide bonds. The first-order valence-corrected chi connectivity index (χ1v) is 15.0. The SMILES string of the molecule is CO[SiH](OC)C(C)[Si](OC)(C(C)[SiH](OC)OC)C(C)[SiH](OC)OC. The van der Waals surface area contributed by atoms with Crippen molar-refractivity contribution in [3.8, 4) is 0 Å². The third kappa shape index (κ3) is 5.07.